The lowest BCUT2D eigenvalue weighted by Gasteiger charge is -2.21. The molecule has 0 spiro atoms. The smallest absolute Gasteiger partial charge is 0.252 e. The van der Waals surface area contributed by atoms with Crippen molar-refractivity contribution in [3.05, 3.63) is 17.0 Å². The number of hydrogen-bond donors (Lipinski definition) is 1. The van der Waals surface area contributed by atoms with Crippen LogP contribution in [0.5, 0.6) is 0 Å². The maximum absolute atomic E-state index is 12.7. The monoisotopic (exact) mass is 316 g/mol. The fourth-order valence-electron chi connectivity index (χ4n) is 2.55. The van der Waals surface area contributed by atoms with Crippen LogP contribution in [0.15, 0.2) is 15.7 Å². The van der Waals surface area contributed by atoms with E-state index in [1.54, 1.807) is 4.31 Å². The van der Waals surface area contributed by atoms with E-state index in [0.29, 0.717) is 16.8 Å². The van der Waals surface area contributed by atoms with E-state index in [2.05, 4.69) is 26.1 Å². The lowest BCUT2D eigenvalue weighted by atomic mass is 10.2. The molecule has 6 heteroatoms. The Hall–Kier alpha value is -0.430. The van der Waals surface area contributed by atoms with Gasteiger partial charge in [0, 0.05) is 25.2 Å². The highest BCUT2D eigenvalue weighted by Gasteiger charge is 2.34. The van der Waals surface area contributed by atoms with Gasteiger partial charge in [-0.25, -0.2) is 8.42 Å². The summed E-state index contributed by atoms with van der Waals surface area (Å²) in [6.07, 6.45) is 2.86. The fraction of sp³-hybridized carbons (Fsp3) is 0.714. The zero-order valence-electron chi connectivity index (χ0n) is 12.4. The van der Waals surface area contributed by atoms with Crippen LogP contribution in [0.25, 0.3) is 0 Å². The third-order valence-corrected chi connectivity index (χ3v) is 7.12. The predicted octanol–water partition coefficient (Wildman–Crippen LogP) is 2.81. The highest BCUT2D eigenvalue weighted by Crippen LogP contribution is 2.30. The van der Waals surface area contributed by atoms with Crippen LogP contribution in [0, 0.1) is 0 Å². The van der Waals surface area contributed by atoms with E-state index in [-0.39, 0.29) is 6.04 Å². The Morgan fingerprint density at radius 1 is 1.50 bits per heavy atom. The molecule has 0 saturated carbocycles. The van der Waals surface area contributed by atoms with Crippen molar-refractivity contribution in [2.45, 2.75) is 62.9 Å². The average molecular weight is 316 g/mol. The summed E-state index contributed by atoms with van der Waals surface area (Å²) in [5.41, 5.74) is 1.05. The molecule has 4 nitrogen and oxygen atoms in total. The van der Waals surface area contributed by atoms with E-state index in [9.17, 15) is 8.42 Å². The zero-order valence-corrected chi connectivity index (χ0v) is 14.1. The van der Waals surface area contributed by atoms with Crippen LogP contribution in [0.1, 0.15) is 45.6 Å². The number of sulfonamides is 1. The Morgan fingerprint density at radius 2 is 2.25 bits per heavy atom. The fourth-order valence-corrected chi connectivity index (χ4v) is 5.66. The molecule has 1 aliphatic rings. The molecule has 1 fully saturated rings. The second kappa shape index (κ2) is 6.56. The van der Waals surface area contributed by atoms with Gasteiger partial charge in [-0.1, -0.05) is 20.8 Å². The minimum Gasteiger partial charge on any atom is -0.310 e. The minimum absolute atomic E-state index is 0.180. The van der Waals surface area contributed by atoms with Crippen molar-refractivity contribution in [1.82, 2.24) is 9.62 Å². The first-order chi connectivity index (χ1) is 9.45. The Bertz CT molecular complexity index is 537. The van der Waals surface area contributed by atoms with Gasteiger partial charge in [0.15, 0.2) is 0 Å². The Kier molecular flexibility index (Phi) is 5.23. The van der Waals surface area contributed by atoms with Gasteiger partial charge in [-0.3, -0.25) is 0 Å². The van der Waals surface area contributed by atoms with Gasteiger partial charge in [-0.05, 0) is 36.3 Å². The second-order valence-electron chi connectivity index (χ2n) is 5.63. The first-order valence-electron chi connectivity index (χ1n) is 7.27. The maximum atomic E-state index is 12.7. The minimum atomic E-state index is -3.29. The van der Waals surface area contributed by atoms with Gasteiger partial charge in [-0.2, -0.15) is 4.31 Å². The molecule has 1 aromatic heterocycles. The van der Waals surface area contributed by atoms with Crippen LogP contribution in [-0.2, 0) is 16.6 Å². The normalized spacial score (nSPS) is 20.9. The summed E-state index contributed by atoms with van der Waals surface area (Å²) in [5, 5.41) is 5.26. The third-order valence-electron chi connectivity index (χ3n) is 3.70. The van der Waals surface area contributed by atoms with Crippen molar-refractivity contribution in [1.29, 1.82) is 0 Å². The summed E-state index contributed by atoms with van der Waals surface area (Å²) < 4.78 is 27.5. The second-order valence-corrected chi connectivity index (χ2v) is 8.66. The highest BCUT2D eigenvalue weighted by atomic mass is 32.2. The van der Waals surface area contributed by atoms with Crippen LogP contribution >= 0.6 is 11.3 Å². The summed E-state index contributed by atoms with van der Waals surface area (Å²) in [5.74, 6) is 0. The van der Waals surface area contributed by atoms with Crippen LogP contribution < -0.4 is 5.32 Å². The van der Waals surface area contributed by atoms with Gasteiger partial charge in [0.05, 0.1) is 0 Å². The molecule has 0 aliphatic carbocycles. The van der Waals surface area contributed by atoms with Crippen molar-refractivity contribution in [2.24, 2.45) is 0 Å². The molecule has 1 aliphatic heterocycles. The summed E-state index contributed by atoms with van der Waals surface area (Å²) in [6, 6.07) is 2.40. The van der Waals surface area contributed by atoms with Gasteiger partial charge < -0.3 is 5.32 Å². The summed E-state index contributed by atoms with van der Waals surface area (Å²) in [4.78, 5) is 0. The van der Waals surface area contributed by atoms with Crippen molar-refractivity contribution in [2.75, 3.05) is 6.54 Å². The number of nitrogens with one attached hydrogen (secondary N) is 1. The van der Waals surface area contributed by atoms with Gasteiger partial charge in [-0.15, -0.1) is 11.3 Å². The lowest BCUT2D eigenvalue weighted by Crippen LogP contribution is -2.34. The molecule has 0 aromatic carbocycles. The van der Waals surface area contributed by atoms with E-state index in [4.69, 9.17) is 0 Å². The molecule has 20 heavy (non-hydrogen) atoms. The SMILES string of the molecule is CCC1CCCN1S(=O)(=O)c1cc(CNC(C)C)cs1. The number of thiophene rings is 1. The molecule has 1 aromatic rings. The van der Waals surface area contributed by atoms with Gasteiger partial charge in [0.2, 0.25) is 0 Å². The molecular weight excluding hydrogens is 292 g/mol. The number of rotatable bonds is 6. The Morgan fingerprint density at radius 3 is 2.90 bits per heavy atom. The van der Waals surface area contributed by atoms with Crippen molar-refractivity contribution in [3.8, 4) is 0 Å². The van der Waals surface area contributed by atoms with Crippen LogP contribution in [-0.4, -0.2) is 31.4 Å². The Labute approximate surface area is 126 Å². The third kappa shape index (κ3) is 3.42. The summed E-state index contributed by atoms with van der Waals surface area (Å²) in [7, 11) is -3.29. The van der Waals surface area contributed by atoms with Crippen LogP contribution in [0.3, 0.4) is 0 Å². The largest absolute Gasteiger partial charge is 0.310 e. The first-order valence-corrected chi connectivity index (χ1v) is 9.59. The van der Waals surface area contributed by atoms with Crippen molar-refractivity contribution in [3.63, 3.8) is 0 Å². The van der Waals surface area contributed by atoms with Crippen LogP contribution in [0.2, 0.25) is 0 Å². The number of hydrogen-bond acceptors (Lipinski definition) is 4. The van der Waals surface area contributed by atoms with E-state index < -0.39 is 10.0 Å². The first kappa shape index (κ1) is 15.9. The molecule has 1 N–H and O–H groups in total. The van der Waals surface area contributed by atoms with Gasteiger partial charge in [0.25, 0.3) is 10.0 Å². The molecule has 1 unspecified atom stereocenters. The summed E-state index contributed by atoms with van der Waals surface area (Å²) in [6.45, 7) is 7.62. The van der Waals surface area contributed by atoms with Crippen molar-refractivity contribution < 1.29 is 8.42 Å². The quantitative estimate of drug-likeness (QED) is 0.878. The highest BCUT2D eigenvalue weighted by molar-refractivity contribution is 7.91. The Balaban J connectivity index is 2.13. The van der Waals surface area contributed by atoms with Gasteiger partial charge >= 0.3 is 0 Å². The zero-order chi connectivity index (χ0) is 14.8. The molecule has 1 atom stereocenters. The van der Waals surface area contributed by atoms with Crippen molar-refractivity contribution >= 4 is 21.4 Å². The number of nitrogens with zero attached hydrogens (tertiary/aromatic N) is 1. The molecule has 2 rings (SSSR count). The molecule has 2 heterocycles. The van der Waals surface area contributed by atoms with E-state index in [1.165, 1.54) is 11.3 Å². The molecule has 1 saturated heterocycles. The standard InChI is InChI=1S/C14H24N2O2S2/c1-4-13-6-5-7-16(13)20(17,18)14-8-12(10-19-14)9-15-11(2)3/h8,10-11,13,15H,4-7,9H2,1-3H3. The lowest BCUT2D eigenvalue weighted by molar-refractivity contribution is 0.380. The summed E-state index contributed by atoms with van der Waals surface area (Å²) >= 11 is 1.34. The molecule has 114 valence electrons. The molecule has 0 bridgehead atoms. The van der Waals surface area contributed by atoms with E-state index in [0.717, 1.165) is 31.4 Å². The van der Waals surface area contributed by atoms with E-state index in [1.807, 2.05) is 11.4 Å². The average Bonchev–Trinajstić information content (AvgIpc) is 3.05. The van der Waals surface area contributed by atoms with Gasteiger partial charge in [0.1, 0.15) is 4.21 Å². The van der Waals surface area contributed by atoms with Crippen LogP contribution in [0.4, 0.5) is 0 Å². The molecular formula is C14H24N2O2S2. The molecule has 0 radical (unpaired) electrons. The topological polar surface area (TPSA) is 49.4 Å². The maximum Gasteiger partial charge on any atom is 0.252 e. The van der Waals surface area contributed by atoms with E-state index >= 15 is 0 Å². The predicted molar refractivity (Wildman–Crippen MR) is 83.5 cm³/mol. The molecule has 0 amide bonds.